The number of hydrogen-bond acceptors (Lipinski definition) is 3. The van der Waals surface area contributed by atoms with Crippen molar-refractivity contribution in [3.8, 4) is 0 Å². The summed E-state index contributed by atoms with van der Waals surface area (Å²) in [7, 11) is 0. The van der Waals surface area contributed by atoms with Gasteiger partial charge in [0.2, 0.25) is 5.91 Å². The van der Waals surface area contributed by atoms with Crippen LogP contribution in [0.2, 0.25) is 0 Å². The molecule has 3 atom stereocenters. The first-order valence-corrected chi connectivity index (χ1v) is 6.15. The summed E-state index contributed by atoms with van der Waals surface area (Å²) < 4.78 is 0. The fraction of sp³-hybridized carbons (Fsp3) is 0.833. The van der Waals surface area contributed by atoms with Crippen molar-refractivity contribution in [3.63, 3.8) is 0 Å². The monoisotopic (exact) mass is 242 g/mol. The van der Waals surface area contributed by atoms with Gasteiger partial charge in [-0.05, 0) is 24.8 Å². The van der Waals surface area contributed by atoms with Gasteiger partial charge in [0.15, 0.2) is 0 Å². The van der Waals surface area contributed by atoms with E-state index in [0.717, 1.165) is 6.54 Å². The Bertz CT molecular complexity index is 291. The van der Waals surface area contributed by atoms with Crippen molar-refractivity contribution in [1.82, 2.24) is 10.6 Å². The molecule has 1 rings (SSSR count). The van der Waals surface area contributed by atoms with E-state index in [1.165, 1.54) is 0 Å². The van der Waals surface area contributed by atoms with Gasteiger partial charge in [-0.1, -0.05) is 20.8 Å². The third-order valence-corrected chi connectivity index (χ3v) is 3.18. The summed E-state index contributed by atoms with van der Waals surface area (Å²) in [5.74, 6) is -0.691. The summed E-state index contributed by atoms with van der Waals surface area (Å²) in [6, 6.07) is -0.768. The van der Waals surface area contributed by atoms with Gasteiger partial charge in [0.05, 0.1) is 5.92 Å². The number of carbonyl (C=O) groups excluding carboxylic acids is 1. The third-order valence-electron chi connectivity index (χ3n) is 3.18. The van der Waals surface area contributed by atoms with Gasteiger partial charge in [-0.15, -0.1) is 0 Å². The molecule has 0 saturated carbocycles. The second-order valence-corrected chi connectivity index (χ2v) is 5.27. The predicted molar refractivity (Wildman–Crippen MR) is 64.5 cm³/mol. The van der Waals surface area contributed by atoms with Gasteiger partial charge in [0.1, 0.15) is 6.04 Å². The predicted octanol–water partition coefficient (Wildman–Crippen LogP) is 0.457. The molecule has 0 aromatic carbocycles. The zero-order valence-corrected chi connectivity index (χ0v) is 10.7. The molecular weight excluding hydrogens is 220 g/mol. The molecule has 0 radical (unpaired) electrons. The van der Waals surface area contributed by atoms with Crippen LogP contribution in [0, 0.1) is 17.8 Å². The molecule has 0 aromatic heterocycles. The van der Waals surface area contributed by atoms with Crippen molar-refractivity contribution in [3.05, 3.63) is 0 Å². The molecule has 1 aliphatic heterocycles. The Morgan fingerprint density at radius 3 is 2.47 bits per heavy atom. The van der Waals surface area contributed by atoms with Gasteiger partial charge in [0, 0.05) is 6.54 Å². The van der Waals surface area contributed by atoms with Crippen LogP contribution in [-0.4, -0.2) is 36.1 Å². The summed E-state index contributed by atoms with van der Waals surface area (Å²) in [5.41, 5.74) is 0. The Balaban J connectivity index is 2.54. The first-order valence-electron chi connectivity index (χ1n) is 6.15. The molecular formula is C12H22N2O3. The van der Waals surface area contributed by atoms with Gasteiger partial charge in [-0.2, -0.15) is 0 Å². The second-order valence-electron chi connectivity index (χ2n) is 5.27. The first kappa shape index (κ1) is 14.0. The molecule has 2 unspecified atom stereocenters. The Hall–Kier alpha value is -1.10. The number of aliphatic carboxylic acids is 1. The van der Waals surface area contributed by atoms with Gasteiger partial charge < -0.3 is 15.7 Å². The molecule has 98 valence electrons. The lowest BCUT2D eigenvalue weighted by Crippen LogP contribution is -2.45. The summed E-state index contributed by atoms with van der Waals surface area (Å²) in [6.45, 7) is 7.35. The quantitative estimate of drug-likeness (QED) is 0.654. The number of amides is 1. The minimum absolute atomic E-state index is 0.107. The summed E-state index contributed by atoms with van der Waals surface area (Å²) in [5, 5.41) is 14.8. The highest BCUT2D eigenvalue weighted by atomic mass is 16.4. The van der Waals surface area contributed by atoms with Crippen LogP contribution in [0.15, 0.2) is 0 Å². The van der Waals surface area contributed by atoms with E-state index in [2.05, 4.69) is 10.6 Å². The van der Waals surface area contributed by atoms with E-state index in [9.17, 15) is 9.59 Å². The standard InChI is InChI=1S/C12H22N2O3/c1-7(2)4-10(12(16)17)14-11(15)9-6-13-5-8(9)3/h7-10,13H,4-6H2,1-3H3,(H,14,15)(H,16,17)/t8?,9?,10-/m0/s1. The van der Waals surface area contributed by atoms with Crippen LogP contribution < -0.4 is 10.6 Å². The van der Waals surface area contributed by atoms with Crippen molar-refractivity contribution >= 4 is 11.9 Å². The number of nitrogens with one attached hydrogen (secondary N) is 2. The molecule has 0 bridgehead atoms. The van der Waals surface area contributed by atoms with Crippen molar-refractivity contribution in [2.24, 2.45) is 17.8 Å². The van der Waals surface area contributed by atoms with E-state index in [-0.39, 0.29) is 23.7 Å². The summed E-state index contributed by atoms with van der Waals surface area (Å²) in [6.07, 6.45) is 0.468. The normalized spacial score (nSPS) is 25.9. The number of carbonyl (C=O) groups is 2. The Kier molecular flexibility index (Phi) is 4.93. The zero-order valence-electron chi connectivity index (χ0n) is 10.7. The van der Waals surface area contributed by atoms with E-state index in [1.807, 2.05) is 20.8 Å². The van der Waals surface area contributed by atoms with Gasteiger partial charge in [-0.25, -0.2) is 4.79 Å². The van der Waals surface area contributed by atoms with Crippen molar-refractivity contribution in [2.75, 3.05) is 13.1 Å². The lowest BCUT2D eigenvalue weighted by Gasteiger charge is -2.20. The SMILES string of the molecule is CC(C)C[C@H](NC(=O)C1CNCC1C)C(=O)O. The van der Waals surface area contributed by atoms with Crippen LogP contribution in [0.3, 0.4) is 0 Å². The Labute approximate surface area is 102 Å². The maximum Gasteiger partial charge on any atom is 0.326 e. The third kappa shape index (κ3) is 4.00. The van der Waals surface area contributed by atoms with Crippen LogP contribution in [0.4, 0.5) is 0 Å². The maximum atomic E-state index is 11.9. The average Bonchev–Trinajstić information content (AvgIpc) is 2.62. The van der Waals surface area contributed by atoms with Crippen LogP contribution >= 0.6 is 0 Å². The molecule has 1 heterocycles. The van der Waals surface area contributed by atoms with Crippen molar-refractivity contribution in [1.29, 1.82) is 0 Å². The number of hydrogen-bond donors (Lipinski definition) is 3. The number of carboxylic acids is 1. The molecule has 1 aliphatic rings. The van der Waals surface area contributed by atoms with Crippen molar-refractivity contribution in [2.45, 2.75) is 33.2 Å². The van der Waals surface area contributed by atoms with Crippen LogP contribution in [0.1, 0.15) is 27.2 Å². The first-order chi connectivity index (χ1) is 7.91. The molecule has 17 heavy (non-hydrogen) atoms. The molecule has 1 saturated heterocycles. The topological polar surface area (TPSA) is 78.4 Å². The van der Waals surface area contributed by atoms with Gasteiger partial charge in [-0.3, -0.25) is 4.79 Å². The molecule has 1 amide bonds. The summed E-state index contributed by atoms with van der Waals surface area (Å²) in [4.78, 5) is 23.0. The fourth-order valence-corrected chi connectivity index (χ4v) is 2.13. The smallest absolute Gasteiger partial charge is 0.326 e. The van der Waals surface area contributed by atoms with Gasteiger partial charge in [0.25, 0.3) is 0 Å². The molecule has 1 fully saturated rings. The number of carboxylic acid groups (broad SMARTS) is 1. The average molecular weight is 242 g/mol. The van der Waals surface area contributed by atoms with E-state index >= 15 is 0 Å². The molecule has 0 aromatic rings. The molecule has 0 spiro atoms. The highest BCUT2D eigenvalue weighted by molar-refractivity contribution is 5.85. The van der Waals surface area contributed by atoms with E-state index < -0.39 is 12.0 Å². The second kappa shape index (κ2) is 6.00. The molecule has 5 heteroatoms. The molecule has 5 nitrogen and oxygen atoms in total. The lowest BCUT2D eigenvalue weighted by molar-refractivity contribution is -0.143. The minimum atomic E-state index is -0.953. The van der Waals surface area contributed by atoms with E-state index in [0.29, 0.717) is 13.0 Å². The number of rotatable bonds is 5. The van der Waals surface area contributed by atoms with E-state index in [4.69, 9.17) is 5.11 Å². The fourth-order valence-electron chi connectivity index (χ4n) is 2.13. The Morgan fingerprint density at radius 1 is 1.41 bits per heavy atom. The minimum Gasteiger partial charge on any atom is -0.480 e. The van der Waals surface area contributed by atoms with Crippen LogP contribution in [0.5, 0.6) is 0 Å². The Morgan fingerprint density at radius 2 is 2.06 bits per heavy atom. The largest absolute Gasteiger partial charge is 0.480 e. The van der Waals surface area contributed by atoms with Crippen LogP contribution in [0.25, 0.3) is 0 Å². The highest BCUT2D eigenvalue weighted by Crippen LogP contribution is 2.16. The van der Waals surface area contributed by atoms with Crippen LogP contribution in [-0.2, 0) is 9.59 Å². The highest BCUT2D eigenvalue weighted by Gasteiger charge is 2.32. The maximum absolute atomic E-state index is 11.9. The van der Waals surface area contributed by atoms with E-state index in [1.54, 1.807) is 0 Å². The summed E-state index contributed by atoms with van der Waals surface area (Å²) >= 11 is 0. The lowest BCUT2D eigenvalue weighted by atomic mass is 9.96. The zero-order chi connectivity index (χ0) is 13.0. The van der Waals surface area contributed by atoms with Crippen molar-refractivity contribution < 1.29 is 14.7 Å². The molecule has 3 N–H and O–H groups in total. The van der Waals surface area contributed by atoms with Gasteiger partial charge >= 0.3 is 5.97 Å². The molecule has 0 aliphatic carbocycles.